The Morgan fingerprint density at radius 1 is 1.07 bits per heavy atom. The SMILES string of the molecule is COc1ccccc1NC(=O)c1cnc(-c2ccc(C(F)(F)F)cc2)nc1C. The van der Waals surface area contributed by atoms with Crippen LogP contribution in [-0.4, -0.2) is 23.0 Å². The largest absolute Gasteiger partial charge is 0.495 e. The molecular formula is C20H16F3N3O2. The second kappa shape index (κ2) is 7.67. The molecule has 0 aliphatic heterocycles. The van der Waals surface area contributed by atoms with Gasteiger partial charge in [-0.15, -0.1) is 0 Å². The van der Waals surface area contributed by atoms with Crippen molar-refractivity contribution in [3.8, 4) is 17.1 Å². The molecule has 0 aliphatic carbocycles. The summed E-state index contributed by atoms with van der Waals surface area (Å²) in [5.74, 6) is 0.330. The van der Waals surface area contributed by atoms with Crippen molar-refractivity contribution in [3.05, 3.63) is 71.5 Å². The summed E-state index contributed by atoms with van der Waals surface area (Å²) < 4.78 is 43.2. The molecule has 28 heavy (non-hydrogen) atoms. The molecule has 3 aromatic rings. The van der Waals surface area contributed by atoms with Gasteiger partial charge in [-0.25, -0.2) is 9.97 Å². The van der Waals surface area contributed by atoms with Crippen LogP contribution in [0.5, 0.6) is 5.75 Å². The van der Waals surface area contributed by atoms with Crippen molar-refractivity contribution >= 4 is 11.6 Å². The molecule has 1 heterocycles. The van der Waals surface area contributed by atoms with E-state index in [0.717, 1.165) is 12.1 Å². The standard InChI is InChI=1S/C20H16F3N3O2/c1-12-15(19(27)26-16-5-3-4-6-17(16)28-2)11-24-18(25-12)13-7-9-14(10-8-13)20(21,22)23/h3-11H,1-2H3,(H,26,27). The zero-order valence-corrected chi connectivity index (χ0v) is 15.0. The molecule has 0 unspecified atom stereocenters. The van der Waals surface area contributed by atoms with Crippen LogP contribution in [0.2, 0.25) is 0 Å². The lowest BCUT2D eigenvalue weighted by molar-refractivity contribution is -0.137. The van der Waals surface area contributed by atoms with Crippen molar-refractivity contribution in [1.82, 2.24) is 9.97 Å². The molecule has 144 valence electrons. The monoisotopic (exact) mass is 387 g/mol. The topological polar surface area (TPSA) is 64.1 Å². The van der Waals surface area contributed by atoms with E-state index in [1.54, 1.807) is 31.2 Å². The molecule has 5 nitrogen and oxygen atoms in total. The molecule has 0 aliphatic rings. The van der Waals surface area contributed by atoms with Gasteiger partial charge in [-0.1, -0.05) is 24.3 Å². The number of alkyl halides is 3. The maximum atomic E-state index is 12.7. The minimum Gasteiger partial charge on any atom is -0.495 e. The number of hydrogen-bond donors (Lipinski definition) is 1. The highest BCUT2D eigenvalue weighted by molar-refractivity contribution is 6.05. The summed E-state index contributed by atoms with van der Waals surface area (Å²) >= 11 is 0. The normalized spacial score (nSPS) is 11.2. The van der Waals surface area contributed by atoms with E-state index in [9.17, 15) is 18.0 Å². The van der Waals surface area contributed by atoms with Crippen LogP contribution in [0, 0.1) is 6.92 Å². The Hall–Kier alpha value is -3.42. The number of carbonyl (C=O) groups excluding carboxylic acids is 1. The third kappa shape index (κ3) is 4.11. The number of halogens is 3. The van der Waals surface area contributed by atoms with E-state index in [0.29, 0.717) is 22.7 Å². The van der Waals surface area contributed by atoms with Gasteiger partial charge in [-0.05, 0) is 31.2 Å². The summed E-state index contributed by atoms with van der Waals surface area (Å²) in [6, 6.07) is 11.5. The van der Waals surface area contributed by atoms with Gasteiger partial charge >= 0.3 is 6.18 Å². The second-order valence-corrected chi connectivity index (χ2v) is 5.92. The number of carbonyl (C=O) groups is 1. The smallest absolute Gasteiger partial charge is 0.416 e. The predicted molar refractivity (Wildman–Crippen MR) is 98.2 cm³/mol. The molecule has 0 spiro atoms. The van der Waals surface area contributed by atoms with E-state index in [4.69, 9.17) is 4.74 Å². The summed E-state index contributed by atoms with van der Waals surface area (Å²) in [5, 5.41) is 2.73. The lowest BCUT2D eigenvalue weighted by atomic mass is 10.1. The molecule has 0 atom stereocenters. The molecule has 3 rings (SSSR count). The van der Waals surface area contributed by atoms with E-state index in [2.05, 4.69) is 15.3 Å². The number of anilines is 1. The van der Waals surface area contributed by atoms with Crippen LogP contribution in [0.1, 0.15) is 21.6 Å². The molecule has 0 radical (unpaired) electrons. The van der Waals surface area contributed by atoms with Gasteiger partial charge in [0.2, 0.25) is 0 Å². The van der Waals surface area contributed by atoms with Crippen molar-refractivity contribution in [1.29, 1.82) is 0 Å². The van der Waals surface area contributed by atoms with Crippen LogP contribution < -0.4 is 10.1 Å². The second-order valence-electron chi connectivity index (χ2n) is 5.92. The average Bonchev–Trinajstić information content (AvgIpc) is 2.67. The van der Waals surface area contributed by atoms with Gasteiger partial charge in [0.05, 0.1) is 29.6 Å². The van der Waals surface area contributed by atoms with E-state index >= 15 is 0 Å². The van der Waals surface area contributed by atoms with Gasteiger partial charge < -0.3 is 10.1 Å². The highest BCUT2D eigenvalue weighted by Gasteiger charge is 2.30. The van der Waals surface area contributed by atoms with Crippen LogP contribution in [-0.2, 0) is 6.18 Å². The molecule has 1 amide bonds. The molecule has 0 fully saturated rings. The zero-order chi connectivity index (χ0) is 20.3. The Morgan fingerprint density at radius 3 is 2.36 bits per heavy atom. The summed E-state index contributed by atoms with van der Waals surface area (Å²) in [6.45, 7) is 1.63. The number of para-hydroxylation sites is 2. The Labute approximate surface area is 159 Å². The fraction of sp³-hybridized carbons (Fsp3) is 0.150. The lowest BCUT2D eigenvalue weighted by Crippen LogP contribution is -2.15. The first kappa shape index (κ1) is 19.3. The molecule has 1 aromatic heterocycles. The predicted octanol–water partition coefficient (Wildman–Crippen LogP) is 4.73. The minimum absolute atomic E-state index is 0.236. The number of aryl methyl sites for hydroxylation is 1. The van der Waals surface area contributed by atoms with E-state index in [1.165, 1.54) is 25.4 Å². The summed E-state index contributed by atoms with van der Waals surface area (Å²) in [4.78, 5) is 20.9. The molecule has 0 saturated carbocycles. The fourth-order valence-corrected chi connectivity index (χ4v) is 2.57. The van der Waals surface area contributed by atoms with Crippen LogP contribution >= 0.6 is 0 Å². The van der Waals surface area contributed by atoms with Crippen molar-refractivity contribution in [2.45, 2.75) is 13.1 Å². The van der Waals surface area contributed by atoms with Gasteiger partial charge in [0.15, 0.2) is 5.82 Å². The number of hydrogen-bond acceptors (Lipinski definition) is 4. The molecule has 1 N–H and O–H groups in total. The quantitative estimate of drug-likeness (QED) is 0.703. The van der Waals surface area contributed by atoms with Crippen molar-refractivity contribution in [2.75, 3.05) is 12.4 Å². The summed E-state index contributed by atoms with van der Waals surface area (Å²) in [6.07, 6.45) is -3.06. The number of rotatable bonds is 4. The first-order valence-corrected chi connectivity index (χ1v) is 8.25. The molecule has 0 saturated heterocycles. The maximum Gasteiger partial charge on any atom is 0.416 e. The molecule has 2 aromatic carbocycles. The summed E-state index contributed by atoms with van der Waals surface area (Å²) in [7, 11) is 1.50. The fourth-order valence-electron chi connectivity index (χ4n) is 2.57. The Kier molecular flexibility index (Phi) is 5.30. The van der Waals surface area contributed by atoms with Crippen molar-refractivity contribution in [2.24, 2.45) is 0 Å². The Morgan fingerprint density at radius 2 is 1.75 bits per heavy atom. The van der Waals surface area contributed by atoms with E-state index in [-0.39, 0.29) is 11.4 Å². The maximum absolute atomic E-state index is 12.7. The van der Waals surface area contributed by atoms with E-state index in [1.807, 2.05) is 0 Å². The lowest BCUT2D eigenvalue weighted by Gasteiger charge is -2.11. The Balaban J connectivity index is 1.83. The first-order valence-electron chi connectivity index (χ1n) is 8.25. The molecular weight excluding hydrogens is 371 g/mol. The van der Waals surface area contributed by atoms with Crippen molar-refractivity contribution in [3.63, 3.8) is 0 Å². The Bertz CT molecular complexity index is 1000. The van der Waals surface area contributed by atoms with Crippen LogP contribution in [0.15, 0.2) is 54.7 Å². The van der Waals surface area contributed by atoms with Gasteiger partial charge in [0.1, 0.15) is 5.75 Å². The van der Waals surface area contributed by atoms with Crippen LogP contribution in [0.3, 0.4) is 0 Å². The number of methoxy groups -OCH3 is 1. The van der Waals surface area contributed by atoms with Gasteiger partial charge in [0, 0.05) is 11.8 Å². The van der Waals surface area contributed by atoms with Crippen molar-refractivity contribution < 1.29 is 22.7 Å². The number of aromatic nitrogens is 2. The number of nitrogens with one attached hydrogen (secondary N) is 1. The van der Waals surface area contributed by atoms with Crippen LogP contribution in [0.25, 0.3) is 11.4 Å². The zero-order valence-electron chi connectivity index (χ0n) is 15.0. The molecule has 8 heteroatoms. The average molecular weight is 387 g/mol. The number of nitrogens with zero attached hydrogens (tertiary/aromatic N) is 2. The van der Waals surface area contributed by atoms with Gasteiger partial charge in [-0.2, -0.15) is 13.2 Å². The highest BCUT2D eigenvalue weighted by atomic mass is 19.4. The first-order chi connectivity index (χ1) is 13.3. The van der Waals surface area contributed by atoms with Crippen LogP contribution in [0.4, 0.5) is 18.9 Å². The summed E-state index contributed by atoms with van der Waals surface area (Å²) in [5.41, 5.74) is 0.827. The van der Waals surface area contributed by atoms with Gasteiger partial charge in [0.25, 0.3) is 5.91 Å². The third-order valence-corrected chi connectivity index (χ3v) is 4.05. The minimum atomic E-state index is -4.41. The number of ether oxygens (including phenoxy) is 1. The molecule has 0 bridgehead atoms. The number of benzene rings is 2. The number of amides is 1. The third-order valence-electron chi connectivity index (χ3n) is 4.05. The van der Waals surface area contributed by atoms with E-state index < -0.39 is 17.6 Å². The highest BCUT2D eigenvalue weighted by Crippen LogP contribution is 2.30. The van der Waals surface area contributed by atoms with Gasteiger partial charge in [-0.3, -0.25) is 4.79 Å².